The topological polar surface area (TPSA) is 89.4 Å². The van der Waals surface area contributed by atoms with Crippen molar-refractivity contribution < 1.29 is 9.53 Å². The number of aryl methyl sites for hydroxylation is 1. The molecular weight excluding hydrogens is 278 g/mol. The lowest BCUT2D eigenvalue weighted by molar-refractivity contribution is 0.0958. The Morgan fingerprint density at radius 2 is 2.45 bits per heavy atom. The molecule has 20 heavy (non-hydrogen) atoms. The van der Waals surface area contributed by atoms with Gasteiger partial charge in [-0.1, -0.05) is 4.49 Å². The van der Waals surface area contributed by atoms with Crippen molar-refractivity contribution in [3.63, 3.8) is 0 Å². The van der Waals surface area contributed by atoms with Gasteiger partial charge in [0.1, 0.15) is 16.3 Å². The van der Waals surface area contributed by atoms with Gasteiger partial charge in [-0.05, 0) is 30.6 Å². The monoisotopic (exact) mass is 289 g/mol. The first kappa shape index (κ1) is 12.7. The molecule has 1 amide bonds. The Kier molecular flexibility index (Phi) is 3.38. The minimum absolute atomic E-state index is 0.311. The van der Waals surface area contributed by atoms with Crippen LogP contribution in [0, 0.1) is 6.92 Å². The van der Waals surface area contributed by atoms with E-state index in [0.29, 0.717) is 40.8 Å². The van der Waals surface area contributed by atoms with Gasteiger partial charge in [-0.15, -0.1) is 5.10 Å². The number of carbonyl (C=O) groups is 1. The lowest BCUT2D eigenvalue weighted by atomic mass is 10.1. The molecule has 3 heterocycles. The fourth-order valence-electron chi connectivity index (χ4n) is 1.82. The van der Waals surface area contributed by atoms with Crippen molar-refractivity contribution in [3.05, 3.63) is 34.6 Å². The molecule has 7 nitrogen and oxygen atoms in total. The highest BCUT2D eigenvalue weighted by Gasteiger charge is 2.19. The van der Waals surface area contributed by atoms with E-state index in [4.69, 9.17) is 4.74 Å². The predicted molar refractivity (Wildman–Crippen MR) is 73.0 cm³/mol. The number of ether oxygens (including phenoxy) is 1. The second-order valence-corrected chi connectivity index (χ2v) is 4.89. The molecule has 1 aliphatic rings. The molecule has 0 spiro atoms. The second-order valence-electron chi connectivity index (χ2n) is 4.14. The van der Waals surface area contributed by atoms with Crippen LogP contribution in [-0.4, -0.2) is 32.8 Å². The van der Waals surface area contributed by atoms with E-state index < -0.39 is 0 Å². The van der Waals surface area contributed by atoms with Gasteiger partial charge in [0.15, 0.2) is 0 Å². The molecule has 0 radical (unpaired) electrons. The molecule has 8 heteroatoms. The van der Waals surface area contributed by atoms with Crippen molar-refractivity contribution >= 4 is 23.2 Å². The highest BCUT2D eigenvalue weighted by atomic mass is 32.1. The first-order chi connectivity index (χ1) is 9.75. The van der Waals surface area contributed by atoms with Crippen LogP contribution in [0.25, 0.3) is 0 Å². The van der Waals surface area contributed by atoms with E-state index in [9.17, 15) is 4.79 Å². The highest BCUT2D eigenvalue weighted by Crippen LogP contribution is 2.22. The fourth-order valence-corrected chi connectivity index (χ4v) is 2.36. The maximum Gasteiger partial charge on any atom is 0.285 e. The molecule has 102 valence electrons. The molecule has 0 saturated carbocycles. The number of fused-ring (bicyclic) bond motifs is 1. The molecule has 1 N–H and O–H groups in total. The summed E-state index contributed by atoms with van der Waals surface area (Å²) in [6.07, 6.45) is 2.27. The van der Waals surface area contributed by atoms with Gasteiger partial charge in [0.2, 0.25) is 0 Å². The van der Waals surface area contributed by atoms with Gasteiger partial charge >= 0.3 is 0 Å². The normalized spacial score (nSPS) is 15.6. The summed E-state index contributed by atoms with van der Waals surface area (Å²) in [5.41, 5.74) is 4.48. The lowest BCUT2D eigenvalue weighted by Gasteiger charge is -2.17. The largest absolute Gasteiger partial charge is 0.491 e. The number of hydrogen-bond acceptors (Lipinski definition) is 7. The summed E-state index contributed by atoms with van der Waals surface area (Å²) in [4.78, 5) is 16.6. The standard InChI is InChI=1S/C12H11N5O2S/c1-7-11(20-17-14-7)12(18)16-15-8-4-6-19-9-3-2-5-13-10(8)9/h2-3,5H,4,6H2,1H3,(H,16,18)/b15-8+. The quantitative estimate of drug-likeness (QED) is 0.838. The number of hydrogen-bond donors (Lipinski definition) is 1. The van der Waals surface area contributed by atoms with Gasteiger partial charge in [0.25, 0.3) is 5.91 Å². The molecule has 1 aliphatic heterocycles. The number of carbonyl (C=O) groups excluding carboxylic acids is 1. The summed E-state index contributed by atoms with van der Waals surface area (Å²) >= 11 is 1.05. The Labute approximate surface area is 118 Å². The van der Waals surface area contributed by atoms with Crippen LogP contribution in [0.4, 0.5) is 0 Å². The van der Waals surface area contributed by atoms with Crippen molar-refractivity contribution in [2.45, 2.75) is 13.3 Å². The number of pyridine rings is 1. The first-order valence-corrected chi connectivity index (χ1v) is 6.77. The SMILES string of the molecule is Cc1nnsc1C(=O)N/N=C1\CCOc2cccnc21. The summed E-state index contributed by atoms with van der Waals surface area (Å²) < 4.78 is 9.20. The van der Waals surface area contributed by atoms with Crippen LogP contribution in [0.1, 0.15) is 27.5 Å². The van der Waals surface area contributed by atoms with Gasteiger partial charge in [-0.2, -0.15) is 5.10 Å². The molecule has 2 aromatic heterocycles. The smallest absolute Gasteiger partial charge is 0.285 e. The highest BCUT2D eigenvalue weighted by molar-refractivity contribution is 7.07. The van der Waals surface area contributed by atoms with Gasteiger partial charge in [0, 0.05) is 12.6 Å². The number of aromatic nitrogens is 3. The zero-order valence-corrected chi connectivity index (χ0v) is 11.5. The van der Waals surface area contributed by atoms with Crippen molar-refractivity contribution in [2.75, 3.05) is 6.61 Å². The Hall–Kier alpha value is -2.35. The van der Waals surface area contributed by atoms with Crippen LogP contribution < -0.4 is 10.2 Å². The zero-order chi connectivity index (χ0) is 13.9. The first-order valence-electron chi connectivity index (χ1n) is 6.00. The molecule has 0 saturated heterocycles. The van der Waals surface area contributed by atoms with Crippen LogP contribution >= 0.6 is 11.5 Å². The van der Waals surface area contributed by atoms with Crippen LogP contribution in [0.3, 0.4) is 0 Å². The van der Waals surface area contributed by atoms with E-state index in [2.05, 4.69) is 25.1 Å². The van der Waals surface area contributed by atoms with Crippen LogP contribution in [-0.2, 0) is 0 Å². The molecule has 0 aromatic carbocycles. The third-order valence-electron chi connectivity index (χ3n) is 2.79. The Bertz CT molecular complexity index is 682. The van der Waals surface area contributed by atoms with E-state index in [1.165, 1.54) is 0 Å². The van der Waals surface area contributed by atoms with E-state index in [1.807, 2.05) is 6.07 Å². The molecule has 0 atom stereocenters. The lowest BCUT2D eigenvalue weighted by Crippen LogP contribution is -2.24. The number of rotatable bonds is 2. The molecule has 3 rings (SSSR count). The summed E-state index contributed by atoms with van der Waals surface area (Å²) in [7, 11) is 0. The van der Waals surface area contributed by atoms with Crippen LogP contribution in [0.15, 0.2) is 23.4 Å². The Balaban J connectivity index is 1.81. The van der Waals surface area contributed by atoms with Crippen molar-refractivity contribution in [3.8, 4) is 5.75 Å². The van der Waals surface area contributed by atoms with Gasteiger partial charge in [-0.25, -0.2) is 5.43 Å². The maximum atomic E-state index is 11.9. The summed E-state index contributed by atoms with van der Waals surface area (Å²) in [6, 6.07) is 3.63. The van der Waals surface area contributed by atoms with Gasteiger partial charge in [-0.3, -0.25) is 9.78 Å². The predicted octanol–water partition coefficient (Wildman–Crippen LogP) is 1.16. The summed E-state index contributed by atoms with van der Waals surface area (Å²) in [5.74, 6) is 0.372. The molecule has 0 fully saturated rings. The average molecular weight is 289 g/mol. The maximum absolute atomic E-state index is 11.9. The third-order valence-corrected chi connectivity index (χ3v) is 3.62. The van der Waals surface area contributed by atoms with Crippen molar-refractivity contribution in [1.29, 1.82) is 0 Å². The molecule has 0 bridgehead atoms. The number of hydrazone groups is 1. The average Bonchev–Trinajstić information content (AvgIpc) is 2.91. The van der Waals surface area contributed by atoms with E-state index >= 15 is 0 Å². The molecular formula is C12H11N5O2S. The van der Waals surface area contributed by atoms with Crippen LogP contribution in [0.2, 0.25) is 0 Å². The number of nitrogens with zero attached hydrogens (tertiary/aromatic N) is 4. The summed E-state index contributed by atoms with van der Waals surface area (Å²) in [5, 5.41) is 7.94. The minimum Gasteiger partial charge on any atom is -0.491 e. The van der Waals surface area contributed by atoms with E-state index in [-0.39, 0.29) is 5.91 Å². The Morgan fingerprint density at radius 1 is 1.55 bits per heavy atom. The van der Waals surface area contributed by atoms with Crippen molar-refractivity contribution in [2.24, 2.45) is 5.10 Å². The Morgan fingerprint density at radius 3 is 3.25 bits per heavy atom. The number of amides is 1. The van der Waals surface area contributed by atoms with Crippen LogP contribution in [0.5, 0.6) is 5.75 Å². The second kappa shape index (κ2) is 5.33. The minimum atomic E-state index is -0.311. The summed E-state index contributed by atoms with van der Waals surface area (Å²) in [6.45, 7) is 2.26. The fraction of sp³-hybridized carbons (Fsp3) is 0.250. The zero-order valence-electron chi connectivity index (χ0n) is 10.7. The third kappa shape index (κ3) is 2.37. The molecule has 0 unspecified atom stereocenters. The van der Waals surface area contributed by atoms with E-state index in [0.717, 1.165) is 11.5 Å². The molecule has 0 aliphatic carbocycles. The van der Waals surface area contributed by atoms with Crippen molar-refractivity contribution in [1.82, 2.24) is 20.0 Å². The van der Waals surface area contributed by atoms with Gasteiger partial charge < -0.3 is 4.74 Å². The van der Waals surface area contributed by atoms with Gasteiger partial charge in [0.05, 0.1) is 18.0 Å². The van der Waals surface area contributed by atoms with E-state index in [1.54, 1.807) is 19.2 Å². The molecule has 2 aromatic rings. The number of nitrogens with one attached hydrogen (secondary N) is 1.